The molecule has 0 aromatic heterocycles. The van der Waals surface area contributed by atoms with Crippen molar-refractivity contribution < 1.29 is 14.5 Å². The number of carbonyl (C=O) groups excluding carboxylic acids is 2. The number of amides is 2. The average molecular weight is 410 g/mol. The normalized spacial score (nSPS) is 14.0. The van der Waals surface area contributed by atoms with Crippen LogP contribution in [0, 0.1) is 16.0 Å². The highest BCUT2D eigenvalue weighted by Gasteiger charge is 2.21. The van der Waals surface area contributed by atoms with Crippen LogP contribution in [-0.4, -0.2) is 23.8 Å². The highest BCUT2D eigenvalue weighted by atomic mass is 16.6. The maximum Gasteiger partial charge on any atom is 0.270 e. The summed E-state index contributed by atoms with van der Waals surface area (Å²) in [7, 11) is 1.48. The molecule has 2 aromatic rings. The molecule has 1 aliphatic rings. The van der Waals surface area contributed by atoms with Gasteiger partial charge >= 0.3 is 0 Å². The predicted octanol–water partition coefficient (Wildman–Crippen LogP) is 4.09. The van der Waals surface area contributed by atoms with Gasteiger partial charge in [0.1, 0.15) is 0 Å². The fourth-order valence-corrected chi connectivity index (χ4v) is 3.69. The number of nitrogens with zero attached hydrogens (tertiary/aromatic N) is 1. The first-order valence-corrected chi connectivity index (χ1v) is 10.1. The minimum absolute atomic E-state index is 0.0667. The molecule has 30 heavy (non-hydrogen) atoms. The Morgan fingerprint density at radius 1 is 1.10 bits per heavy atom. The van der Waals surface area contributed by atoms with E-state index in [1.807, 2.05) is 24.3 Å². The average Bonchev–Trinajstić information content (AvgIpc) is 2.77. The summed E-state index contributed by atoms with van der Waals surface area (Å²) < 4.78 is 0. The molecule has 0 bridgehead atoms. The summed E-state index contributed by atoms with van der Waals surface area (Å²) in [4.78, 5) is 35.1. The van der Waals surface area contributed by atoms with Gasteiger partial charge in [-0.05, 0) is 36.6 Å². The van der Waals surface area contributed by atoms with Crippen molar-refractivity contribution in [2.75, 3.05) is 17.7 Å². The zero-order valence-corrected chi connectivity index (χ0v) is 16.9. The van der Waals surface area contributed by atoms with Gasteiger partial charge in [0.15, 0.2) is 0 Å². The van der Waals surface area contributed by atoms with Gasteiger partial charge in [0.05, 0.1) is 10.5 Å². The molecule has 0 heterocycles. The summed E-state index contributed by atoms with van der Waals surface area (Å²) in [5, 5.41) is 19.7. The number of nitro groups is 1. The van der Waals surface area contributed by atoms with Crippen molar-refractivity contribution in [2.24, 2.45) is 5.92 Å². The van der Waals surface area contributed by atoms with Crippen molar-refractivity contribution in [3.05, 3.63) is 63.7 Å². The van der Waals surface area contributed by atoms with Gasteiger partial charge < -0.3 is 16.0 Å². The summed E-state index contributed by atoms with van der Waals surface area (Å²) in [5.41, 5.74) is 2.20. The van der Waals surface area contributed by atoms with Gasteiger partial charge in [-0.3, -0.25) is 19.7 Å². The van der Waals surface area contributed by atoms with Gasteiger partial charge in [0.2, 0.25) is 5.91 Å². The lowest BCUT2D eigenvalue weighted by Gasteiger charge is -2.21. The van der Waals surface area contributed by atoms with Crippen LogP contribution in [0.1, 0.15) is 48.0 Å². The summed E-state index contributed by atoms with van der Waals surface area (Å²) >= 11 is 0. The second-order valence-electron chi connectivity index (χ2n) is 7.44. The largest absolute Gasteiger partial charge is 0.380 e. The van der Waals surface area contributed by atoms with Crippen LogP contribution in [0.5, 0.6) is 0 Å². The van der Waals surface area contributed by atoms with Gasteiger partial charge in [0, 0.05) is 43.0 Å². The number of nitro benzene ring substituents is 1. The lowest BCUT2D eigenvalue weighted by Crippen LogP contribution is -2.24. The van der Waals surface area contributed by atoms with Crippen LogP contribution in [-0.2, 0) is 11.3 Å². The van der Waals surface area contributed by atoms with E-state index in [-0.39, 0.29) is 23.1 Å². The van der Waals surface area contributed by atoms with Crippen molar-refractivity contribution in [1.29, 1.82) is 0 Å². The second kappa shape index (κ2) is 9.87. The molecule has 0 spiro atoms. The van der Waals surface area contributed by atoms with E-state index in [0.29, 0.717) is 12.2 Å². The number of anilines is 2. The number of non-ortho nitro benzene ring substituents is 1. The zero-order valence-electron chi connectivity index (χ0n) is 16.9. The Hall–Kier alpha value is -3.42. The van der Waals surface area contributed by atoms with Crippen molar-refractivity contribution in [3.8, 4) is 0 Å². The Bertz CT molecular complexity index is 938. The molecule has 0 saturated heterocycles. The van der Waals surface area contributed by atoms with Gasteiger partial charge in [-0.1, -0.05) is 31.4 Å². The standard InChI is InChI=1S/C22H26N4O4/c1-23-22(28)19-13-18(26(29)30)10-11-20(19)24-14-15-6-5-9-17(12-15)25-21(27)16-7-3-2-4-8-16/h5-6,9-13,16,24H,2-4,7-8,14H2,1H3,(H,23,28)(H,25,27). The predicted molar refractivity (Wildman–Crippen MR) is 115 cm³/mol. The number of benzene rings is 2. The van der Waals surface area contributed by atoms with Gasteiger partial charge in [-0.15, -0.1) is 0 Å². The number of rotatable bonds is 7. The molecule has 1 saturated carbocycles. The van der Waals surface area contributed by atoms with Gasteiger partial charge in [-0.25, -0.2) is 0 Å². The van der Waals surface area contributed by atoms with Crippen LogP contribution in [0.15, 0.2) is 42.5 Å². The molecule has 0 atom stereocenters. The molecule has 8 nitrogen and oxygen atoms in total. The summed E-state index contributed by atoms with van der Waals surface area (Å²) in [5.74, 6) is -0.262. The molecule has 8 heteroatoms. The van der Waals surface area contributed by atoms with Crippen molar-refractivity contribution >= 4 is 28.9 Å². The molecule has 3 N–H and O–H groups in total. The summed E-state index contributed by atoms with van der Waals surface area (Å²) in [6.07, 6.45) is 5.28. The maximum atomic E-state index is 12.5. The van der Waals surface area contributed by atoms with E-state index in [2.05, 4.69) is 16.0 Å². The third-order valence-electron chi connectivity index (χ3n) is 5.34. The van der Waals surface area contributed by atoms with Crippen molar-refractivity contribution in [3.63, 3.8) is 0 Å². The van der Waals surface area contributed by atoms with E-state index < -0.39 is 10.8 Å². The second-order valence-corrected chi connectivity index (χ2v) is 7.44. The Balaban J connectivity index is 1.69. The minimum atomic E-state index is -0.533. The Morgan fingerprint density at radius 3 is 2.57 bits per heavy atom. The SMILES string of the molecule is CNC(=O)c1cc([N+](=O)[O-])ccc1NCc1cccc(NC(=O)C2CCCCC2)c1. The fourth-order valence-electron chi connectivity index (χ4n) is 3.69. The molecular formula is C22H26N4O4. The summed E-state index contributed by atoms with van der Waals surface area (Å²) in [6, 6.07) is 11.6. The van der Waals surface area contributed by atoms with Crippen LogP contribution in [0.25, 0.3) is 0 Å². The zero-order chi connectivity index (χ0) is 21.5. The van der Waals surface area contributed by atoms with Crippen LogP contribution < -0.4 is 16.0 Å². The number of carbonyl (C=O) groups is 2. The van der Waals surface area contributed by atoms with E-state index in [1.165, 1.54) is 31.7 Å². The van der Waals surface area contributed by atoms with E-state index in [1.54, 1.807) is 0 Å². The van der Waals surface area contributed by atoms with E-state index >= 15 is 0 Å². The first-order chi connectivity index (χ1) is 14.5. The molecule has 1 aliphatic carbocycles. The Labute approximate surface area is 175 Å². The van der Waals surface area contributed by atoms with E-state index in [9.17, 15) is 19.7 Å². The molecule has 158 valence electrons. The number of hydrogen-bond donors (Lipinski definition) is 3. The van der Waals surface area contributed by atoms with Crippen LogP contribution in [0.2, 0.25) is 0 Å². The van der Waals surface area contributed by atoms with Crippen LogP contribution in [0.4, 0.5) is 17.1 Å². The number of hydrogen-bond acceptors (Lipinski definition) is 5. The fraction of sp³-hybridized carbons (Fsp3) is 0.364. The number of nitrogens with one attached hydrogen (secondary N) is 3. The first kappa shape index (κ1) is 21.3. The smallest absolute Gasteiger partial charge is 0.270 e. The molecule has 0 unspecified atom stereocenters. The quantitative estimate of drug-likeness (QED) is 0.470. The molecule has 0 radical (unpaired) electrons. The molecule has 2 aromatic carbocycles. The van der Waals surface area contributed by atoms with Crippen molar-refractivity contribution in [1.82, 2.24) is 5.32 Å². The van der Waals surface area contributed by atoms with E-state index in [4.69, 9.17) is 0 Å². The third kappa shape index (κ3) is 5.34. The topological polar surface area (TPSA) is 113 Å². The lowest BCUT2D eigenvalue weighted by molar-refractivity contribution is -0.384. The third-order valence-corrected chi connectivity index (χ3v) is 5.34. The monoisotopic (exact) mass is 410 g/mol. The van der Waals surface area contributed by atoms with E-state index in [0.717, 1.165) is 36.9 Å². The summed E-state index contributed by atoms with van der Waals surface area (Å²) in [6.45, 7) is 0.398. The highest BCUT2D eigenvalue weighted by Crippen LogP contribution is 2.26. The Kier molecular flexibility index (Phi) is 7.00. The molecule has 0 aliphatic heterocycles. The Morgan fingerprint density at radius 2 is 1.87 bits per heavy atom. The van der Waals surface area contributed by atoms with Crippen molar-refractivity contribution in [2.45, 2.75) is 38.6 Å². The molecule has 3 rings (SSSR count). The van der Waals surface area contributed by atoms with Crippen LogP contribution in [0.3, 0.4) is 0 Å². The van der Waals surface area contributed by atoms with Crippen LogP contribution >= 0.6 is 0 Å². The van der Waals surface area contributed by atoms with Gasteiger partial charge in [-0.2, -0.15) is 0 Å². The minimum Gasteiger partial charge on any atom is -0.380 e. The maximum absolute atomic E-state index is 12.5. The first-order valence-electron chi connectivity index (χ1n) is 10.1. The molecule has 2 amide bonds. The molecule has 1 fully saturated rings. The lowest BCUT2D eigenvalue weighted by atomic mass is 9.88. The molecular weight excluding hydrogens is 384 g/mol. The highest BCUT2D eigenvalue weighted by molar-refractivity contribution is 6.00. The van der Waals surface area contributed by atoms with Gasteiger partial charge in [0.25, 0.3) is 11.6 Å².